The summed E-state index contributed by atoms with van der Waals surface area (Å²) in [5, 5.41) is 34.9. The van der Waals surface area contributed by atoms with E-state index in [1.165, 1.54) is 10.5 Å². The smallest absolute Gasteiger partial charge is 0.234 e. The van der Waals surface area contributed by atoms with Crippen molar-refractivity contribution in [2.45, 2.75) is 64.1 Å². The molecule has 3 aromatic carbocycles. The predicted molar refractivity (Wildman–Crippen MR) is 199 cm³/mol. The molecule has 3 heterocycles. The number of aliphatic hydroxyl groups is 2. The summed E-state index contributed by atoms with van der Waals surface area (Å²) in [5.41, 5.74) is 5.59. The Labute approximate surface area is 299 Å². The first-order valence-electron chi connectivity index (χ1n) is 18.3. The number of hydrogen-bond acceptors (Lipinski definition) is 7. The first-order valence-corrected chi connectivity index (χ1v) is 18.3. The van der Waals surface area contributed by atoms with E-state index in [2.05, 4.69) is 28.1 Å². The fourth-order valence-electron chi connectivity index (χ4n) is 8.75. The Hall–Kier alpha value is -4.63. The average Bonchev–Trinajstić information content (AvgIpc) is 3.42. The number of aromatic hydroxyl groups is 1. The lowest BCUT2D eigenvalue weighted by Gasteiger charge is -2.37. The lowest BCUT2D eigenvalue weighted by atomic mass is 9.67. The van der Waals surface area contributed by atoms with Gasteiger partial charge < -0.3 is 15.3 Å². The van der Waals surface area contributed by atoms with Crippen LogP contribution in [0.3, 0.4) is 0 Å². The van der Waals surface area contributed by atoms with E-state index in [1.54, 1.807) is 12.3 Å². The Morgan fingerprint density at radius 3 is 2.35 bits per heavy atom. The Balaban J connectivity index is 1.10. The second-order valence-corrected chi connectivity index (χ2v) is 14.2. The number of imide groups is 1. The van der Waals surface area contributed by atoms with Crippen LogP contribution in [0.5, 0.6) is 5.75 Å². The Bertz CT molecular complexity index is 1930. The van der Waals surface area contributed by atoms with Gasteiger partial charge in [0, 0.05) is 43.2 Å². The first kappa shape index (κ1) is 34.8. The molecule has 8 heteroatoms. The number of fused-ring (bicyclic) bond motifs is 2. The molecule has 1 aliphatic carbocycles. The number of aromatic nitrogens is 1. The van der Waals surface area contributed by atoms with E-state index in [9.17, 15) is 24.9 Å². The van der Waals surface area contributed by atoms with E-state index in [0.29, 0.717) is 25.7 Å². The predicted octanol–water partition coefficient (Wildman–Crippen LogP) is 6.61. The van der Waals surface area contributed by atoms with Crippen molar-refractivity contribution in [2.24, 2.45) is 17.8 Å². The largest absolute Gasteiger partial charge is 0.507 e. The van der Waals surface area contributed by atoms with Crippen LogP contribution in [0.25, 0.3) is 22.4 Å². The number of aliphatic hydroxyl groups excluding tert-OH is 2. The summed E-state index contributed by atoms with van der Waals surface area (Å²) in [6.45, 7) is 4.18. The summed E-state index contributed by atoms with van der Waals surface area (Å²) in [7, 11) is 0. The Morgan fingerprint density at radius 2 is 1.65 bits per heavy atom. The van der Waals surface area contributed by atoms with Crippen LogP contribution in [0, 0.1) is 17.8 Å². The molecule has 51 heavy (non-hydrogen) atoms. The first-order chi connectivity index (χ1) is 24.9. The summed E-state index contributed by atoms with van der Waals surface area (Å²) in [6, 6.07) is 27.2. The van der Waals surface area contributed by atoms with Gasteiger partial charge in [-0.25, -0.2) is 0 Å². The molecule has 8 nitrogen and oxygen atoms in total. The number of phenols is 1. The van der Waals surface area contributed by atoms with Crippen molar-refractivity contribution in [1.82, 2.24) is 14.8 Å². The van der Waals surface area contributed by atoms with E-state index >= 15 is 0 Å². The van der Waals surface area contributed by atoms with Gasteiger partial charge in [-0.2, -0.15) is 0 Å². The molecule has 3 aliphatic rings. The van der Waals surface area contributed by atoms with Gasteiger partial charge >= 0.3 is 0 Å². The molecule has 2 aliphatic heterocycles. The maximum atomic E-state index is 14.2. The highest BCUT2D eigenvalue weighted by Gasteiger charge is 2.56. The number of amides is 2. The fourth-order valence-corrected chi connectivity index (χ4v) is 8.75. The van der Waals surface area contributed by atoms with Crippen LogP contribution in [-0.4, -0.2) is 73.8 Å². The molecule has 0 saturated carbocycles. The fraction of sp³-hybridized carbons (Fsp3) is 0.372. The summed E-state index contributed by atoms with van der Waals surface area (Å²) >= 11 is 0. The number of carbonyl (C=O) groups is 2. The van der Waals surface area contributed by atoms with Crippen molar-refractivity contribution in [3.8, 4) is 5.75 Å². The summed E-state index contributed by atoms with van der Waals surface area (Å²) in [5.74, 6) is -1.89. The third-order valence-corrected chi connectivity index (χ3v) is 11.3. The maximum Gasteiger partial charge on any atom is 0.234 e. The van der Waals surface area contributed by atoms with Crippen LogP contribution < -0.4 is 0 Å². The van der Waals surface area contributed by atoms with E-state index < -0.39 is 23.9 Å². The molecule has 1 aromatic heterocycles. The normalized spacial score (nSPS) is 22.5. The number of allylic oxidation sites excluding steroid dienone is 2. The van der Waals surface area contributed by atoms with Crippen LogP contribution in [0.4, 0.5) is 0 Å². The molecule has 2 amide bonds. The highest BCUT2D eigenvalue weighted by atomic mass is 16.3. The van der Waals surface area contributed by atoms with E-state index in [4.69, 9.17) is 0 Å². The zero-order valence-corrected chi connectivity index (χ0v) is 29.2. The number of piperidine rings is 1. The maximum absolute atomic E-state index is 14.2. The van der Waals surface area contributed by atoms with E-state index in [-0.39, 0.29) is 30.2 Å². The van der Waals surface area contributed by atoms with Gasteiger partial charge in [0.2, 0.25) is 11.8 Å². The average molecular weight is 686 g/mol. The Kier molecular flexibility index (Phi) is 10.5. The number of likely N-dealkylation sites (tertiary alicyclic amines) is 2. The zero-order valence-electron chi connectivity index (χ0n) is 29.2. The highest BCUT2D eigenvalue weighted by Crippen LogP contribution is 2.48. The molecule has 7 rings (SSSR count). The van der Waals surface area contributed by atoms with Crippen LogP contribution in [0.1, 0.15) is 62.3 Å². The van der Waals surface area contributed by atoms with Crippen molar-refractivity contribution >= 4 is 34.2 Å². The molecule has 2 fully saturated rings. The van der Waals surface area contributed by atoms with Gasteiger partial charge in [-0.15, -0.1) is 0 Å². The SMILES string of the molecule is CCC1=C([C@H](O)CC/C(=C/c2ccc(O)c3ccccc23)c2ccccn2)[C@H](CO)[C@@H]2C(=O)N(C3CCN(Cc4ccccc4)CC3)C(=O)[C@@H]2C1. The number of phenolic OH excluding ortho intramolecular Hbond substituents is 1. The quantitative estimate of drug-likeness (QED) is 0.120. The third-order valence-electron chi connectivity index (χ3n) is 11.3. The molecule has 4 atom stereocenters. The lowest BCUT2D eigenvalue weighted by Crippen LogP contribution is -2.47. The number of carbonyl (C=O) groups excluding carboxylic acids is 2. The molecule has 0 unspecified atom stereocenters. The summed E-state index contributed by atoms with van der Waals surface area (Å²) < 4.78 is 0. The van der Waals surface area contributed by atoms with Crippen molar-refractivity contribution in [3.05, 3.63) is 119 Å². The minimum atomic E-state index is -0.903. The van der Waals surface area contributed by atoms with Gasteiger partial charge in [-0.05, 0) is 90.5 Å². The van der Waals surface area contributed by atoms with E-state index in [1.807, 2.05) is 73.7 Å². The van der Waals surface area contributed by atoms with E-state index in [0.717, 1.165) is 71.2 Å². The van der Waals surface area contributed by atoms with Crippen molar-refractivity contribution in [1.29, 1.82) is 0 Å². The summed E-state index contributed by atoms with van der Waals surface area (Å²) in [6.07, 6.45) is 6.28. The standard InChI is InChI=1S/C43H47N3O5/c1-2-29-25-35-41(43(51)46(42(35)50)32-19-22-45(23-20-32)26-28-10-4-3-5-11-28)36(27-47)40(29)39(49)18-16-31(37-14-8-9-21-44-37)24-30-15-17-38(48)34-13-7-6-12-33(30)34/h3-15,17,21,24,32,35-36,39,41,47-49H,2,16,18-20,22-23,25-27H2,1H3/b31-24-/t35-,36+,39-,41-/m1/s1. The second kappa shape index (κ2) is 15.3. The molecule has 4 aromatic rings. The summed E-state index contributed by atoms with van der Waals surface area (Å²) in [4.78, 5) is 36.7. The highest BCUT2D eigenvalue weighted by molar-refractivity contribution is 6.06. The molecule has 0 bridgehead atoms. The van der Waals surface area contributed by atoms with Crippen LogP contribution in [-0.2, 0) is 16.1 Å². The number of rotatable bonds is 11. The van der Waals surface area contributed by atoms with Crippen molar-refractivity contribution in [2.75, 3.05) is 19.7 Å². The van der Waals surface area contributed by atoms with Gasteiger partial charge in [0.05, 0.1) is 30.2 Å². The molecule has 3 N–H and O–H groups in total. The number of pyridine rings is 1. The van der Waals surface area contributed by atoms with Crippen molar-refractivity contribution in [3.63, 3.8) is 0 Å². The third kappa shape index (κ3) is 7.01. The minimum absolute atomic E-state index is 0.119. The molecular weight excluding hydrogens is 638 g/mol. The molecule has 2 saturated heterocycles. The molecule has 0 spiro atoms. The van der Waals surface area contributed by atoms with Crippen LogP contribution >= 0.6 is 0 Å². The van der Waals surface area contributed by atoms with Gasteiger partial charge in [-0.3, -0.25) is 24.4 Å². The van der Waals surface area contributed by atoms with Crippen LogP contribution in [0.15, 0.2) is 102 Å². The lowest BCUT2D eigenvalue weighted by molar-refractivity contribution is -0.144. The van der Waals surface area contributed by atoms with Gasteiger partial charge in [0.15, 0.2) is 0 Å². The van der Waals surface area contributed by atoms with Crippen LogP contribution in [0.2, 0.25) is 0 Å². The number of hydrogen-bond donors (Lipinski definition) is 3. The van der Waals surface area contributed by atoms with Gasteiger partial charge in [-0.1, -0.05) is 79.2 Å². The van der Waals surface area contributed by atoms with Crippen molar-refractivity contribution < 1.29 is 24.9 Å². The Morgan fingerprint density at radius 1 is 0.922 bits per heavy atom. The molecule has 264 valence electrons. The zero-order chi connectivity index (χ0) is 35.5. The van der Waals surface area contributed by atoms with Gasteiger partial charge in [0.25, 0.3) is 0 Å². The second-order valence-electron chi connectivity index (χ2n) is 14.2. The number of benzene rings is 3. The van der Waals surface area contributed by atoms with Gasteiger partial charge in [0.1, 0.15) is 5.75 Å². The molecular formula is C43H47N3O5. The number of nitrogens with zero attached hydrogens (tertiary/aromatic N) is 3. The minimum Gasteiger partial charge on any atom is -0.507 e. The topological polar surface area (TPSA) is 114 Å². The monoisotopic (exact) mass is 685 g/mol. The molecule has 0 radical (unpaired) electrons.